The number of nitro benzene ring substituents is 1. The van der Waals surface area contributed by atoms with Crippen LogP contribution in [0.15, 0.2) is 61.2 Å². The molecule has 22 heavy (non-hydrogen) atoms. The summed E-state index contributed by atoms with van der Waals surface area (Å²) in [4.78, 5) is 10.6. The van der Waals surface area contributed by atoms with Crippen LogP contribution in [0.25, 0.3) is 0 Å². The highest BCUT2D eigenvalue weighted by Crippen LogP contribution is 2.36. The fourth-order valence-electron chi connectivity index (χ4n) is 2.37. The van der Waals surface area contributed by atoms with Gasteiger partial charge in [-0.2, -0.15) is 0 Å². The lowest BCUT2D eigenvalue weighted by molar-refractivity contribution is -0.386. The van der Waals surface area contributed by atoms with Crippen molar-refractivity contribution in [2.45, 2.75) is 12.0 Å². The van der Waals surface area contributed by atoms with Crippen molar-refractivity contribution in [2.24, 2.45) is 0 Å². The standard InChI is InChI=1S/C17H17NO4/c1-3-14(12-8-10-13(22-2)11-9-12)17(19)15-6-4-5-7-16(15)18(20)21/h3-11,14,17,19H,1H2,2H3/t14-,17+/m1/s1. The topological polar surface area (TPSA) is 72.6 Å². The van der Waals surface area contributed by atoms with E-state index in [2.05, 4.69) is 6.58 Å². The fraction of sp³-hybridized carbons (Fsp3) is 0.176. The molecular formula is C17H17NO4. The minimum atomic E-state index is -1.05. The number of hydrogen-bond acceptors (Lipinski definition) is 4. The van der Waals surface area contributed by atoms with E-state index in [9.17, 15) is 15.2 Å². The Labute approximate surface area is 128 Å². The van der Waals surface area contributed by atoms with E-state index in [4.69, 9.17) is 4.74 Å². The van der Waals surface area contributed by atoms with Gasteiger partial charge in [-0.15, -0.1) is 6.58 Å². The van der Waals surface area contributed by atoms with Crippen molar-refractivity contribution in [2.75, 3.05) is 7.11 Å². The van der Waals surface area contributed by atoms with Crippen molar-refractivity contribution in [1.29, 1.82) is 0 Å². The largest absolute Gasteiger partial charge is 0.497 e. The summed E-state index contributed by atoms with van der Waals surface area (Å²) in [5.74, 6) is 0.249. The van der Waals surface area contributed by atoms with Gasteiger partial charge in [-0.05, 0) is 23.8 Å². The molecule has 0 bridgehead atoms. The van der Waals surface area contributed by atoms with Gasteiger partial charge in [0, 0.05) is 12.0 Å². The molecule has 5 nitrogen and oxygen atoms in total. The lowest BCUT2D eigenvalue weighted by Gasteiger charge is -2.20. The molecule has 0 saturated carbocycles. The number of nitrogens with zero attached hydrogens (tertiary/aromatic N) is 1. The number of para-hydroxylation sites is 1. The quantitative estimate of drug-likeness (QED) is 0.502. The van der Waals surface area contributed by atoms with Gasteiger partial charge in [0.1, 0.15) is 5.75 Å². The summed E-state index contributed by atoms with van der Waals surface area (Å²) < 4.78 is 5.10. The normalized spacial score (nSPS) is 13.2. The second-order valence-corrected chi connectivity index (χ2v) is 4.80. The van der Waals surface area contributed by atoms with Crippen LogP contribution < -0.4 is 4.74 Å². The molecule has 0 saturated heterocycles. The molecule has 114 valence electrons. The summed E-state index contributed by atoms with van der Waals surface area (Å²) in [6.45, 7) is 3.74. The van der Waals surface area contributed by atoms with Gasteiger partial charge in [-0.3, -0.25) is 10.1 Å². The van der Waals surface area contributed by atoms with Gasteiger partial charge in [0.25, 0.3) is 5.69 Å². The van der Waals surface area contributed by atoms with Crippen LogP contribution in [0.5, 0.6) is 5.75 Å². The zero-order valence-electron chi connectivity index (χ0n) is 12.2. The lowest BCUT2D eigenvalue weighted by atomic mass is 9.88. The molecule has 0 aromatic heterocycles. The van der Waals surface area contributed by atoms with Crippen LogP contribution in [0.1, 0.15) is 23.1 Å². The second-order valence-electron chi connectivity index (χ2n) is 4.80. The van der Waals surface area contributed by atoms with Crippen molar-refractivity contribution in [3.05, 3.63) is 82.4 Å². The zero-order chi connectivity index (χ0) is 16.1. The van der Waals surface area contributed by atoms with Crippen molar-refractivity contribution in [3.8, 4) is 5.75 Å². The van der Waals surface area contributed by atoms with Crippen LogP contribution in [0.3, 0.4) is 0 Å². The van der Waals surface area contributed by atoms with Gasteiger partial charge in [0.05, 0.1) is 23.7 Å². The van der Waals surface area contributed by atoms with Crippen LogP contribution >= 0.6 is 0 Å². The number of ether oxygens (including phenoxy) is 1. The van der Waals surface area contributed by atoms with Crippen LogP contribution in [0.2, 0.25) is 0 Å². The van der Waals surface area contributed by atoms with Crippen molar-refractivity contribution < 1.29 is 14.8 Å². The van der Waals surface area contributed by atoms with E-state index >= 15 is 0 Å². The molecule has 0 aliphatic heterocycles. The predicted molar refractivity (Wildman–Crippen MR) is 84.0 cm³/mol. The molecule has 0 amide bonds. The number of benzene rings is 2. The van der Waals surface area contributed by atoms with Crippen LogP contribution in [-0.2, 0) is 0 Å². The fourth-order valence-corrected chi connectivity index (χ4v) is 2.37. The Morgan fingerprint density at radius 3 is 2.41 bits per heavy atom. The Morgan fingerprint density at radius 2 is 1.86 bits per heavy atom. The summed E-state index contributed by atoms with van der Waals surface area (Å²) >= 11 is 0. The molecular weight excluding hydrogens is 282 g/mol. The first-order valence-electron chi connectivity index (χ1n) is 6.76. The number of rotatable bonds is 6. The maximum atomic E-state index is 11.1. The Kier molecular flexibility index (Phi) is 4.91. The summed E-state index contributed by atoms with van der Waals surface area (Å²) in [5.41, 5.74) is 0.977. The monoisotopic (exact) mass is 299 g/mol. The summed E-state index contributed by atoms with van der Waals surface area (Å²) in [6.07, 6.45) is 0.538. The number of nitro groups is 1. The van der Waals surface area contributed by atoms with Crippen LogP contribution in [0, 0.1) is 10.1 Å². The molecule has 2 rings (SSSR count). The molecule has 2 aromatic rings. The van der Waals surface area contributed by atoms with Gasteiger partial charge in [-0.25, -0.2) is 0 Å². The van der Waals surface area contributed by atoms with E-state index in [1.165, 1.54) is 6.07 Å². The average Bonchev–Trinajstić information content (AvgIpc) is 2.56. The Bertz CT molecular complexity index is 667. The first-order chi connectivity index (χ1) is 10.6. The third kappa shape index (κ3) is 3.15. The van der Waals surface area contributed by atoms with E-state index < -0.39 is 16.9 Å². The van der Waals surface area contributed by atoms with Crippen molar-refractivity contribution in [3.63, 3.8) is 0 Å². The smallest absolute Gasteiger partial charge is 0.275 e. The van der Waals surface area contributed by atoms with Crippen LogP contribution in [0.4, 0.5) is 5.69 Å². The molecule has 2 aromatic carbocycles. The minimum absolute atomic E-state index is 0.102. The molecule has 0 aliphatic carbocycles. The maximum Gasteiger partial charge on any atom is 0.275 e. The van der Waals surface area contributed by atoms with Gasteiger partial charge in [-0.1, -0.05) is 30.3 Å². The van der Waals surface area contributed by atoms with Gasteiger partial charge < -0.3 is 9.84 Å². The molecule has 2 atom stereocenters. The molecule has 0 spiro atoms. The van der Waals surface area contributed by atoms with Crippen molar-refractivity contribution in [1.82, 2.24) is 0 Å². The summed E-state index contributed by atoms with van der Waals surface area (Å²) in [5, 5.41) is 21.7. The molecule has 0 heterocycles. The third-order valence-corrected chi connectivity index (χ3v) is 3.55. The van der Waals surface area contributed by atoms with Gasteiger partial charge in [0.15, 0.2) is 0 Å². The first kappa shape index (κ1) is 15.7. The minimum Gasteiger partial charge on any atom is -0.497 e. The predicted octanol–water partition coefficient (Wildman–Crippen LogP) is 3.61. The number of methoxy groups -OCH3 is 1. The number of aliphatic hydroxyl groups excluding tert-OH is 1. The van der Waals surface area contributed by atoms with Gasteiger partial charge in [0.2, 0.25) is 0 Å². The molecule has 0 fully saturated rings. The molecule has 0 unspecified atom stereocenters. The van der Waals surface area contributed by atoms with E-state index in [1.807, 2.05) is 12.1 Å². The zero-order valence-corrected chi connectivity index (χ0v) is 12.2. The molecule has 1 N–H and O–H groups in total. The van der Waals surface area contributed by atoms with Crippen molar-refractivity contribution >= 4 is 5.69 Å². The van der Waals surface area contributed by atoms with E-state index in [1.54, 1.807) is 43.5 Å². The average molecular weight is 299 g/mol. The lowest BCUT2D eigenvalue weighted by Crippen LogP contribution is -2.10. The molecule has 0 aliphatic rings. The van der Waals surface area contributed by atoms with E-state index in [-0.39, 0.29) is 11.3 Å². The second kappa shape index (κ2) is 6.87. The van der Waals surface area contributed by atoms with Crippen LogP contribution in [-0.4, -0.2) is 17.1 Å². The third-order valence-electron chi connectivity index (χ3n) is 3.55. The Balaban J connectivity index is 2.38. The summed E-state index contributed by atoms with van der Waals surface area (Å²) in [6, 6.07) is 13.3. The SMILES string of the molecule is C=C[C@H](c1ccc(OC)cc1)[C@H](O)c1ccccc1[N+](=O)[O-]. The van der Waals surface area contributed by atoms with Gasteiger partial charge >= 0.3 is 0 Å². The first-order valence-corrected chi connectivity index (χ1v) is 6.76. The number of aliphatic hydroxyl groups is 1. The Morgan fingerprint density at radius 1 is 1.23 bits per heavy atom. The highest BCUT2D eigenvalue weighted by atomic mass is 16.6. The summed E-state index contributed by atoms with van der Waals surface area (Å²) in [7, 11) is 1.57. The maximum absolute atomic E-state index is 11.1. The van der Waals surface area contributed by atoms with E-state index in [0.717, 1.165) is 5.56 Å². The number of hydrogen-bond donors (Lipinski definition) is 1. The molecule has 5 heteroatoms. The highest BCUT2D eigenvalue weighted by Gasteiger charge is 2.26. The van der Waals surface area contributed by atoms with E-state index in [0.29, 0.717) is 5.75 Å². The Hall–Kier alpha value is -2.66. The molecule has 0 radical (unpaired) electrons. The highest BCUT2D eigenvalue weighted by molar-refractivity contribution is 5.44.